The number of piperidine rings is 1. The molecule has 0 aromatic carbocycles. The van der Waals surface area contributed by atoms with E-state index >= 15 is 0 Å². The maximum atomic E-state index is 12.5. The van der Waals surface area contributed by atoms with Crippen LogP contribution < -0.4 is 11.1 Å². The minimum atomic E-state index is 0.0688. The van der Waals surface area contributed by atoms with Gasteiger partial charge < -0.3 is 16.0 Å². The molecule has 2 amide bonds. The molecule has 3 atom stereocenters. The van der Waals surface area contributed by atoms with Gasteiger partial charge in [0.05, 0.1) is 5.69 Å². The third-order valence-electron chi connectivity index (χ3n) is 5.59. The van der Waals surface area contributed by atoms with Gasteiger partial charge in [-0.1, -0.05) is 6.92 Å². The smallest absolute Gasteiger partial charge is 0.317 e. The predicted molar refractivity (Wildman–Crippen MR) is 103 cm³/mol. The number of nitrogen functional groups attached to an aromatic ring is 1. The monoisotopic (exact) mass is 365 g/mol. The molecular formula is C18H31N5OS. The second-order valence-corrected chi connectivity index (χ2v) is 8.32. The lowest BCUT2D eigenvalue weighted by molar-refractivity contribution is 0.0637. The van der Waals surface area contributed by atoms with Crippen molar-refractivity contribution >= 4 is 22.5 Å². The van der Waals surface area contributed by atoms with Crippen LogP contribution in [0.25, 0.3) is 0 Å². The number of anilines is 1. The van der Waals surface area contributed by atoms with Gasteiger partial charge in [0.2, 0.25) is 0 Å². The average molecular weight is 366 g/mol. The van der Waals surface area contributed by atoms with Crippen molar-refractivity contribution in [1.29, 1.82) is 0 Å². The van der Waals surface area contributed by atoms with Gasteiger partial charge in [0.15, 0.2) is 5.13 Å². The fourth-order valence-corrected chi connectivity index (χ4v) is 5.32. The van der Waals surface area contributed by atoms with E-state index < -0.39 is 0 Å². The molecule has 25 heavy (non-hydrogen) atoms. The van der Waals surface area contributed by atoms with Crippen LogP contribution in [-0.4, -0.2) is 59.1 Å². The van der Waals surface area contributed by atoms with Gasteiger partial charge in [-0.05, 0) is 52.0 Å². The van der Waals surface area contributed by atoms with E-state index in [-0.39, 0.29) is 12.1 Å². The van der Waals surface area contributed by atoms with Crippen LogP contribution in [0.5, 0.6) is 0 Å². The van der Waals surface area contributed by atoms with E-state index in [0.29, 0.717) is 17.1 Å². The summed E-state index contributed by atoms with van der Waals surface area (Å²) < 4.78 is 0. The molecule has 1 aliphatic heterocycles. The Morgan fingerprint density at radius 2 is 2.12 bits per heavy atom. The summed E-state index contributed by atoms with van der Waals surface area (Å²) in [5.74, 6) is 0.552. The summed E-state index contributed by atoms with van der Waals surface area (Å²) in [6.07, 6.45) is 4.23. The highest BCUT2D eigenvalue weighted by molar-refractivity contribution is 7.15. The van der Waals surface area contributed by atoms with E-state index in [0.717, 1.165) is 51.9 Å². The Balaban J connectivity index is 1.72. The minimum Gasteiger partial charge on any atom is -0.375 e. The molecule has 1 aliphatic carbocycles. The molecular weight excluding hydrogens is 334 g/mol. The fourth-order valence-electron chi connectivity index (χ4n) is 4.42. The van der Waals surface area contributed by atoms with Gasteiger partial charge in [0.25, 0.3) is 0 Å². The molecule has 0 saturated carbocycles. The number of hydrogen-bond donors (Lipinski definition) is 2. The zero-order valence-electron chi connectivity index (χ0n) is 15.6. The summed E-state index contributed by atoms with van der Waals surface area (Å²) in [7, 11) is 0. The highest BCUT2D eigenvalue weighted by Gasteiger charge is 2.40. The SMILES string of the molecule is CCCN1CC(NC(=O)N(CC)CC)CC2Cc3nc(N)sc3CC21. The molecule has 3 N–H and O–H groups in total. The third-order valence-corrected chi connectivity index (χ3v) is 6.54. The minimum absolute atomic E-state index is 0.0688. The summed E-state index contributed by atoms with van der Waals surface area (Å²) in [6, 6.07) is 0.853. The molecule has 6 nitrogen and oxygen atoms in total. The van der Waals surface area contributed by atoms with E-state index in [1.165, 1.54) is 10.6 Å². The van der Waals surface area contributed by atoms with E-state index in [1.807, 2.05) is 18.7 Å². The van der Waals surface area contributed by atoms with Gasteiger partial charge in [-0.2, -0.15) is 0 Å². The van der Waals surface area contributed by atoms with Crippen LogP contribution in [-0.2, 0) is 12.8 Å². The molecule has 1 aromatic heterocycles. The van der Waals surface area contributed by atoms with Crippen molar-refractivity contribution in [3.05, 3.63) is 10.6 Å². The van der Waals surface area contributed by atoms with Gasteiger partial charge in [-0.3, -0.25) is 4.90 Å². The molecule has 3 unspecified atom stereocenters. The molecule has 0 bridgehead atoms. The summed E-state index contributed by atoms with van der Waals surface area (Å²) in [5, 5.41) is 3.97. The van der Waals surface area contributed by atoms with Crippen LogP contribution in [0.15, 0.2) is 0 Å². The Kier molecular flexibility index (Phi) is 5.84. The number of rotatable bonds is 5. The van der Waals surface area contributed by atoms with Crippen LogP contribution in [0.3, 0.4) is 0 Å². The molecule has 1 fully saturated rings. The highest BCUT2D eigenvalue weighted by Crippen LogP contribution is 2.38. The Labute approximate surface area is 154 Å². The quantitative estimate of drug-likeness (QED) is 0.840. The van der Waals surface area contributed by atoms with Gasteiger partial charge >= 0.3 is 6.03 Å². The molecule has 2 aliphatic rings. The lowest BCUT2D eigenvalue weighted by atomic mass is 9.77. The second kappa shape index (κ2) is 7.91. The zero-order chi connectivity index (χ0) is 18.0. The molecule has 140 valence electrons. The Morgan fingerprint density at radius 3 is 2.80 bits per heavy atom. The Morgan fingerprint density at radius 1 is 1.36 bits per heavy atom. The van der Waals surface area contributed by atoms with Crippen molar-refractivity contribution in [3.63, 3.8) is 0 Å². The Bertz CT molecular complexity index is 600. The number of hydrogen-bond acceptors (Lipinski definition) is 5. The van der Waals surface area contributed by atoms with Crippen LogP contribution in [0.4, 0.5) is 9.93 Å². The first-order valence-corrected chi connectivity index (χ1v) is 10.4. The van der Waals surface area contributed by atoms with Crippen LogP contribution in [0, 0.1) is 5.92 Å². The highest BCUT2D eigenvalue weighted by atomic mass is 32.1. The number of urea groups is 1. The number of nitrogens with one attached hydrogen (secondary N) is 1. The van der Waals surface area contributed by atoms with Gasteiger partial charge in [-0.15, -0.1) is 11.3 Å². The van der Waals surface area contributed by atoms with Crippen molar-refractivity contribution < 1.29 is 4.79 Å². The number of thiazole rings is 1. The molecule has 0 radical (unpaired) electrons. The van der Waals surface area contributed by atoms with Crippen LogP contribution >= 0.6 is 11.3 Å². The number of fused-ring (bicyclic) bond motifs is 2. The van der Waals surface area contributed by atoms with Crippen LogP contribution in [0.2, 0.25) is 0 Å². The number of aromatic nitrogens is 1. The fraction of sp³-hybridized carbons (Fsp3) is 0.778. The van der Waals surface area contributed by atoms with Crippen molar-refractivity contribution in [1.82, 2.24) is 20.1 Å². The number of likely N-dealkylation sites (tertiary alicyclic amines) is 1. The normalized spacial score (nSPS) is 26.0. The van der Waals surface area contributed by atoms with Gasteiger partial charge in [-0.25, -0.2) is 9.78 Å². The topological polar surface area (TPSA) is 74.5 Å². The molecule has 0 spiro atoms. The first-order chi connectivity index (χ1) is 12.0. The zero-order valence-corrected chi connectivity index (χ0v) is 16.4. The van der Waals surface area contributed by atoms with E-state index in [4.69, 9.17) is 5.73 Å². The van der Waals surface area contributed by atoms with Crippen molar-refractivity contribution in [3.8, 4) is 0 Å². The molecule has 3 rings (SSSR count). The number of nitrogens with zero attached hydrogens (tertiary/aromatic N) is 3. The van der Waals surface area contributed by atoms with Gasteiger partial charge in [0.1, 0.15) is 0 Å². The van der Waals surface area contributed by atoms with Crippen LogP contribution in [0.1, 0.15) is 44.2 Å². The maximum absolute atomic E-state index is 12.5. The predicted octanol–water partition coefficient (Wildman–Crippen LogP) is 2.34. The summed E-state index contributed by atoms with van der Waals surface area (Å²) in [5.41, 5.74) is 7.12. The lowest BCUT2D eigenvalue weighted by Crippen LogP contribution is -2.59. The first-order valence-electron chi connectivity index (χ1n) is 9.59. The first kappa shape index (κ1) is 18.5. The molecule has 1 saturated heterocycles. The van der Waals surface area contributed by atoms with Crippen molar-refractivity contribution in [2.24, 2.45) is 5.92 Å². The average Bonchev–Trinajstić information content (AvgIpc) is 2.93. The largest absolute Gasteiger partial charge is 0.375 e. The Hall–Kier alpha value is -1.34. The summed E-state index contributed by atoms with van der Waals surface area (Å²) in [4.78, 5) is 22.8. The summed E-state index contributed by atoms with van der Waals surface area (Å²) in [6.45, 7) is 9.82. The van der Waals surface area contributed by atoms with Crippen molar-refractivity contribution in [2.45, 2.75) is 58.5 Å². The number of carbonyl (C=O) groups is 1. The van der Waals surface area contributed by atoms with E-state index in [1.54, 1.807) is 11.3 Å². The molecule has 1 aromatic rings. The van der Waals surface area contributed by atoms with Gasteiger partial charge in [0, 0.05) is 36.6 Å². The second-order valence-electron chi connectivity index (χ2n) is 7.21. The van der Waals surface area contributed by atoms with E-state index in [2.05, 4.69) is 22.1 Å². The van der Waals surface area contributed by atoms with Crippen molar-refractivity contribution in [2.75, 3.05) is 31.9 Å². The van der Waals surface area contributed by atoms with E-state index in [9.17, 15) is 4.79 Å². The lowest BCUT2D eigenvalue weighted by Gasteiger charge is -2.47. The summed E-state index contributed by atoms with van der Waals surface area (Å²) >= 11 is 1.65. The maximum Gasteiger partial charge on any atom is 0.317 e. The number of amides is 2. The standard InChI is InChI=1S/C18H31N5OS/c1-4-7-23-11-13(20-18(24)22(5-2)6-3)8-12-9-14-16(10-15(12)23)25-17(19)21-14/h12-13,15H,4-11H2,1-3H3,(H2,19,21)(H,20,24). The molecule has 2 heterocycles. The third kappa shape index (κ3) is 3.92. The number of carbonyl (C=O) groups excluding carboxylic acids is 1. The number of nitrogens with two attached hydrogens (primary N) is 1. The molecule has 7 heteroatoms.